The van der Waals surface area contributed by atoms with Crippen molar-refractivity contribution in [3.8, 4) is 0 Å². The van der Waals surface area contributed by atoms with Gasteiger partial charge < -0.3 is 4.74 Å². The van der Waals surface area contributed by atoms with Gasteiger partial charge in [0.15, 0.2) is 0 Å². The van der Waals surface area contributed by atoms with Crippen molar-refractivity contribution in [2.45, 2.75) is 6.92 Å². The zero-order valence-electron chi connectivity index (χ0n) is 7.80. The maximum atomic E-state index is 5.45. The molecule has 0 amide bonds. The highest BCUT2D eigenvalue weighted by Crippen LogP contribution is 2.24. The lowest BCUT2D eigenvalue weighted by Gasteiger charge is -2.19. The number of hydrazine groups is 1. The van der Waals surface area contributed by atoms with Crippen LogP contribution in [0.5, 0.6) is 0 Å². The third kappa shape index (κ3) is 1.83. The van der Waals surface area contributed by atoms with Crippen molar-refractivity contribution in [3.63, 3.8) is 0 Å². The molecule has 2 rings (SSSR count). The Hall–Kier alpha value is -1.20. The number of aromatic nitrogens is 1. The molecular formula is C9H11N3OS. The van der Waals surface area contributed by atoms with Gasteiger partial charge in [-0.1, -0.05) is 0 Å². The molecule has 14 heavy (non-hydrogen) atoms. The third-order valence-electron chi connectivity index (χ3n) is 1.72. The van der Waals surface area contributed by atoms with Crippen LogP contribution in [-0.2, 0) is 4.74 Å². The Bertz CT molecular complexity index is 328. The standard InChI is InChI=1S/C9H11N3OS/c1-2-13-9-7-14-11-12(9)8-4-3-5-10-6-8/h3-7,11H,2H2,1H3. The quantitative estimate of drug-likeness (QED) is 0.769. The highest BCUT2D eigenvalue weighted by Gasteiger charge is 2.18. The van der Waals surface area contributed by atoms with Crippen LogP contribution in [-0.4, -0.2) is 11.6 Å². The maximum absolute atomic E-state index is 5.45. The molecule has 0 aliphatic carbocycles. The van der Waals surface area contributed by atoms with Crippen molar-refractivity contribution in [3.05, 3.63) is 35.8 Å². The monoisotopic (exact) mass is 209 g/mol. The minimum absolute atomic E-state index is 0.658. The molecule has 1 aromatic heterocycles. The van der Waals surface area contributed by atoms with Crippen LogP contribution in [0, 0.1) is 0 Å². The summed E-state index contributed by atoms with van der Waals surface area (Å²) in [4.78, 5) is 7.15. The molecular weight excluding hydrogens is 198 g/mol. The zero-order valence-corrected chi connectivity index (χ0v) is 8.62. The van der Waals surface area contributed by atoms with Crippen LogP contribution in [0.1, 0.15) is 6.92 Å². The third-order valence-corrected chi connectivity index (χ3v) is 2.33. The fraction of sp³-hybridized carbons (Fsp3) is 0.222. The van der Waals surface area contributed by atoms with E-state index in [0.717, 1.165) is 11.6 Å². The Morgan fingerprint density at radius 2 is 2.57 bits per heavy atom. The molecule has 0 saturated heterocycles. The van der Waals surface area contributed by atoms with Crippen molar-refractivity contribution in [1.82, 2.24) is 9.82 Å². The molecule has 1 aliphatic rings. The van der Waals surface area contributed by atoms with Gasteiger partial charge in [0.05, 0.1) is 18.5 Å². The lowest BCUT2D eigenvalue weighted by atomic mass is 10.4. The van der Waals surface area contributed by atoms with E-state index in [1.54, 1.807) is 12.4 Å². The Labute approximate surface area is 87.1 Å². The van der Waals surface area contributed by atoms with Crippen LogP contribution >= 0.6 is 11.9 Å². The Morgan fingerprint density at radius 1 is 1.64 bits per heavy atom. The van der Waals surface area contributed by atoms with Crippen LogP contribution in [0.3, 0.4) is 0 Å². The van der Waals surface area contributed by atoms with Gasteiger partial charge >= 0.3 is 0 Å². The summed E-state index contributed by atoms with van der Waals surface area (Å²) in [5.74, 6) is 0.811. The van der Waals surface area contributed by atoms with E-state index in [4.69, 9.17) is 4.74 Å². The van der Waals surface area contributed by atoms with Crippen molar-refractivity contribution < 1.29 is 4.74 Å². The summed E-state index contributed by atoms with van der Waals surface area (Å²) in [6, 6.07) is 3.86. The molecule has 0 atom stereocenters. The van der Waals surface area contributed by atoms with Crippen LogP contribution < -0.4 is 9.84 Å². The minimum Gasteiger partial charge on any atom is -0.478 e. The maximum Gasteiger partial charge on any atom is 0.217 e. The first-order valence-electron chi connectivity index (χ1n) is 4.36. The van der Waals surface area contributed by atoms with Gasteiger partial charge in [0.2, 0.25) is 5.88 Å². The summed E-state index contributed by atoms with van der Waals surface area (Å²) >= 11 is 1.49. The second-order valence-electron chi connectivity index (χ2n) is 2.64. The number of nitrogens with zero attached hydrogens (tertiary/aromatic N) is 2. The highest BCUT2D eigenvalue weighted by molar-refractivity contribution is 8.00. The highest BCUT2D eigenvalue weighted by atomic mass is 32.2. The van der Waals surface area contributed by atoms with Gasteiger partial charge in [-0.3, -0.25) is 4.98 Å². The number of ether oxygens (including phenoxy) is 1. The average molecular weight is 209 g/mol. The predicted molar refractivity (Wildman–Crippen MR) is 57.2 cm³/mol. The molecule has 1 N–H and O–H groups in total. The molecule has 1 aliphatic heterocycles. The molecule has 0 fully saturated rings. The molecule has 2 heterocycles. The largest absolute Gasteiger partial charge is 0.478 e. The number of hydrogen-bond acceptors (Lipinski definition) is 5. The normalized spacial score (nSPS) is 15.5. The van der Waals surface area contributed by atoms with Crippen molar-refractivity contribution in [2.75, 3.05) is 11.6 Å². The molecule has 4 nitrogen and oxygen atoms in total. The summed E-state index contributed by atoms with van der Waals surface area (Å²) in [6.45, 7) is 2.62. The summed E-state index contributed by atoms with van der Waals surface area (Å²) in [5, 5.41) is 3.79. The van der Waals surface area contributed by atoms with Crippen LogP contribution in [0.25, 0.3) is 0 Å². The zero-order chi connectivity index (χ0) is 9.80. The lowest BCUT2D eigenvalue weighted by Crippen LogP contribution is -2.29. The van der Waals surface area contributed by atoms with Gasteiger partial charge in [-0.25, -0.2) is 5.01 Å². The SMILES string of the molecule is CCOC1=CSNN1c1cccnc1. The number of hydrogen-bond donors (Lipinski definition) is 1. The molecule has 1 aromatic rings. The second-order valence-corrected chi connectivity index (χ2v) is 3.30. The topological polar surface area (TPSA) is 37.4 Å². The summed E-state index contributed by atoms with van der Waals surface area (Å²) in [5.41, 5.74) is 0.970. The van der Waals surface area contributed by atoms with E-state index in [0.29, 0.717) is 6.61 Å². The first-order chi connectivity index (χ1) is 6.92. The van der Waals surface area contributed by atoms with E-state index >= 15 is 0 Å². The van der Waals surface area contributed by atoms with Crippen molar-refractivity contribution >= 4 is 17.6 Å². The molecule has 5 heteroatoms. The Kier molecular flexibility index (Phi) is 2.90. The molecule has 74 valence electrons. The molecule has 0 spiro atoms. The van der Waals surface area contributed by atoms with Gasteiger partial charge in [0.1, 0.15) is 0 Å². The van der Waals surface area contributed by atoms with Gasteiger partial charge in [-0.2, -0.15) is 4.83 Å². The lowest BCUT2D eigenvalue weighted by molar-refractivity contribution is 0.221. The summed E-state index contributed by atoms with van der Waals surface area (Å²) in [7, 11) is 0. The smallest absolute Gasteiger partial charge is 0.217 e. The Morgan fingerprint density at radius 3 is 3.29 bits per heavy atom. The van der Waals surface area contributed by atoms with E-state index in [9.17, 15) is 0 Å². The predicted octanol–water partition coefficient (Wildman–Crippen LogP) is 1.89. The van der Waals surface area contributed by atoms with Gasteiger partial charge in [0.25, 0.3) is 0 Å². The molecule has 0 unspecified atom stereocenters. The van der Waals surface area contributed by atoms with Crippen molar-refractivity contribution in [1.29, 1.82) is 0 Å². The average Bonchev–Trinajstić information content (AvgIpc) is 2.68. The van der Waals surface area contributed by atoms with E-state index in [2.05, 4.69) is 9.82 Å². The first-order valence-corrected chi connectivity index (χ1v) is 5.24. The van der Waals surface area contributed by atoms with E-state index in [-0.39, 0.29) is 0 Å². The molecule has 0 aromatic carbocycles. The van der Waals surface area contributed by atoms with Gasteiger partial charge in [0, 0.05) is 11.6 Å². The van der Waals surface area contributed by atoms with Gasteiger partial charge in [-0.15, -0.1) is 0 Å². The number of anilines is 1. The number of nitrogens with one attached hydrogen (secondary N) is 1. The van der Waals surface area contributed by atoms with E-state index in [1.165, 1.54) is 11.9 Å². The van der Waals surface area contributed by atoms with Gasteiger partial charge in [-0.05, 0) is 31.0 Å². The fourth-order valence-electron chi connectivity index (χ4n) is 1.14. The number of pyridine rings is 1. The molecule has 0 bridgehead atoms. The van der Waals surface area contributed by atoms with Crippen molar-refractivity contribution in [2.24, 2.45) is 0 Å². The number of rotatable bonds is 3. The summed E-state index contributed by atoms with van der Waals surface area (Å²) in [6.07, 6.45) is 3.53. The van der Waals surface area contributed by atoms with E-state index in [1.807, 2.05) is 29.5 Å². The Balaban J connectivity index is 2.16. The molecule has 0 saturated carbocycles. The van der Waals surface area contributed by atoms with E-state index < -0.39 is 0 Å². The second kappa shape index (κ2) is 4.34. The minimum atomic E-state index is 0.658. The van der Waals surface area contributed by atoms with Crippen LogP contribution in [0.2, 0.25) is 0 Å². The van der Waals surface area contributed by atoms with Crippen LogP contribution in [0.15, 0.2) is 35.8 Å². The fourth-order valence-corrected chi connectivity index (χ4v) is 1.77. The summed E-state index contributed by atoms with van der Waals surface area (Å²) < 4.78 is 5.45. The first kappa shape index (κ1) is 9.36. The molecule has 0 radical (unpaired) electrons. The van der Waals surface area contributed by atoms with Crippen LogP contribution in [0.4, 0.5) is 5.69 Å².